The molecular formula is C6H13NO. The Bertz CT molecular complexity index is 70.9. The average Bonchev–Trinajstić information content (AvgIpc) is 1.69. The molecule has 0 aliphatic heterocycles. The lowest BCUT2D eigenvalue weighted by atomic mass is 10.3. The second kappa shape index (κ2) is 3.64. The number of hydrogen-bond acceptors (Lipinski definition) is 2. The molecule has 0 heterocycles. The number of aliphatic hydroxyl groups is 1. The van der Waals surface area contributed by atoms with Crippen LogP contribution in [0.2, 0.25) is 0 Å². The van der Waals surface area contributed by atoms with Gasteiger partial charge in [-0.3, -0.25) is 0 Å². The Morgan fingerprint density at radius 3 is 2.25 bits per heavy atom. The van der Waals surface area contributed by atoms with Crippen LogP contribution in [0.5, 0.6) is 0 Å². The first kappa shape index (κ1) is 7.66. The van der Waals surface area contributed by atoms with Crippen molar-refractivity contribution in [3.05, 3.63) is 12.7 Å². The van der Waals surface area contributed by atoms with Crippen molar-refractivity contribution in [2.24, 2.45) is 0 Å². The molecule has 0 aliphatic rings. The van der Waals surface area contributed by atoms with Crippen LogP contribution < -0.4 is 0 Å². The third kappa shape index (κ3) is 2.09. The van der Waals surface area contributed by atoms with Gasteiger partial charge >= 0.3 is 0 Å². The summed E-state index contributed by atoms with van der Waals surface area (Å²) in [5, 5.41) is 8.58. The van der Waals surface area contributed by atoms with E-state index in [-0.39, 0.29) is 12.6 Å². The molecule has 1 atom stereocenters. The Kier molecular flexibility index (Phi) is 3.48. The third-order valence-corrected chi connectivity index (χ3v) is 1.12. The van der Waals surface area contributed by atoms with Gasteiger partial charge in [0.05, 0.1) is 12.6 Å². The van der Waals surface area contributed by atoms with Crippen molar-refractivity contribution in [1.29, 1.82) is 0 Å². The summed E-state index contributed by atoms with van der Waals surface area (Å²) < 4.78 is 0. The molecule has 48 valence electrons. The largest absolute Gasteiger partial charge is 0.394 e. The van der Waals surface area contributed by atoms with E-state index < -0.39 is 0 Å². The van der Waals surface area contributed by atoms with E-state index in [1.165, 1.54) is 0 Å². The van der Waals surface area contributed by atoms with Crippen molar-refractivity contribution >= 4 is 0 Å². The molecule has 1 N–H and O–H groups in total. The highest BCUT2D eigenvalue weighted by atomic mass is 16.3. The van der Waals surface area contributed by atoms with Gasteiger partial charge in [0.15, 0.2) is 0 Å². The molecule has 0 aliphatic carbocycles. The van der Waals surface area contributed by atoms with Gasteiger partial charge in [-0.15, -0.1) is 6.58 Å². The SMILES string of the molecule is C=CC(CO)N(C)C. The highest BCUT2D eigenvalue weighted by Gasteiger charge is 2.01. The maximum Gasteiger partial charge on any atom is 0.0622 e. The van der Waals surface area contributed by atoms with Crippen LogP contribution in [0.3, 0.4) is 0 Å². The predicted molar refractivity (Wildman–Crippen MR) is 34.8 cm³/mol. The predicted octanol–water partition coefficient (Wildman–Crippen LogP) is 0.0949. The van der Waals surface area contributed by atoms with Crippen LogP contribution in [0.1, 0.15) is 0 Å². The molecule has 0 amide bonds. The Morgan fingerprint density at radius 1 is 1.75 bits per heavy atom. The molecule has 0 saturated carbocycles. The molecule has 0 spiro atoms. The lowest BCUT2D eigenvalue weighted by Crippen LogP contribution is -2.28. The summed E-state index contributed by atoms with van der Waals surface area (Å²) in [4.78, 5) is 1.91. The maximum absolute atomic E-state index is 8.58. The Hall–Kier alpha value is -0.340. The summed E-state index contributed by atoms with van der Waals surface area (Å²) in [6, 6.07) is 0.106. The minimum atomic E-state index is 0.106. The number of likely N-dealkylation sites (N-methyl/N-ethyl adjacent to an activating group) is 1. The van der Waals surface area contributed by atoms with Crippen molar-refractivity contribution in [1.82, 2.24) is 4.90 Å². The van der Waals surface area contributed by atoms with E-state index in [2.05, 4.69) is 6.58 Å². The van der Waals surface area contributed by atoms with Gasteiger partial charge in [-0.1, -0.05) is 6.08 Å². The molecule has 0 radical (unpaired) electrons. The van der Waals surface area contributed by atoms with Crippen LogP contribution in [0, 0.1) is 0 Å². The first-order chi connectivity index (χ1) is 3.72. The van der Waals surface area contributed by atoms with Crippen LogP contribution >= 0.6 is 0 Å². The number of nitrogens with zero attached hydrogens (tertiary/aromatic N) is 1. The average molecular weight is 115 g/mol. The summed E-state index contributed by atoms with van der Waals surface area (Å²) >= 11 is 0. The Balaban J connectivity index is 3.51. The van der Waals surface area contributed by atoms with Crippen molar-refractivity contribution in [3.8, 4) is 0 Å². The summed E-state index contributed by atoms with van der Waals surface area (Å²) in [6.45, 7) is 3.70. The van der Waals surface area contributed by atoms with Crippen LogP contribution in [-0.2, 0) is 0 Å². The first-order valence-corrected chi connectivity index (χ1v) is 2.62. The molecule has 0 rings (SSSR count). The lowest BCUT2D eigenvalue weighted by Gasteiger charge is -2.16. The molecule has 8 heavy (non-hydrogen) atoms. The number of hydrogen-bond donors (Lipinski definition) is 1. The summed E-state index contributed by atoms with van der Waals surface area (Å²) in [5.74, 6) is 0. The van der Waals surface area contributed by atoms with E-state index in [0.717, 1.165) is 0 Å². The summed E-state index contributed by atoms with van der Waals surface area (Å²) in [7, 11) is 3.81. The Labute approximate surface area is 50.4 Å². The molecular weight excluding hydrogens is 102 g/mol. The lowest BCUT2D eigenvalue weighted by molar-refractivity contribution is 0.200. The molecule has 2 nitrogen and oxygen atoms in total. The van der Waals surface area contributed by atoms with E-state index in [1.54, 1.807) is 6.08 Å². The monoisotopic (exact) mass is 115 g/mol. The molecule has 1 unspecified atom stereocenters. The number of aliphatic hydroxyl groups excluding tert-OH is 1. The van der Waals surface area contributed by atoms with Crippen molar-refractivity contribution < 1.29 is 5.11 Å². The molecule has 0 saturated heterocycles. The zero-order valence-electron chi connectivity index (χ0n) is 5.46. The molecule has 0 aromatic heterocycles. The molecule has 2 heteroatoms. The van der Waals surface area contributed by atoms with E-state index in [0.29, 0.717) is 0 Å². The van der Waals surface area contributed by atoms with Gasteiger partial charge in [-0.05, 0) is 14.1 Å². The summed E-state index contributed by atoms with van der Waals surface area (Å²) in [5.41, 5.74) is 0. The van der Waals surface area contributed by atoms with Gasteiger partial charge < -0.3 is 10.0 Å². The highest BCUT2D eigenvalue weighted by molar-refractivity contribution is 4.84. The first-order valence-electron chi connectivity index (χ1n) is 2.62. The molecule has 0 aromatic carbocycles. The van der Waals surface area contributed by atoms with Gasteiger partial charge in [0.25, 0.3) is 0 Å². The van der Waals surface area contributed by atoms with Crippen LogP contribution in [0.4, 0.5) is 0 Å². The fourth-order valence-corrected chi connectivity index (χ4v) is 0.449. The third-order valence-electron chi connectivity index (χ3n) is 1.12. The quantitative estimate of drug-likeness (QED) is 0.527. The maximum atomic E-state index is 8.58. The Morgan fingerprint density at radius 2 is 2.25 bits per heavy atom. The van der Waals surface area contributed by atoms with Gasteiger partial charge in [-0.2, -0.15) is 0 Å². The topological polar surface area (TPSA) is 23.5 Å². The summed E-state index contributed by atoms with van der Waals surface area (Å²) in [6.07, 6.45) is 1.72. The smallest absolute Gasteiger partial charge is 0.0622 e. The van der Waals surface area contributed by atoms with Gasteiger partial charge in [0.2, 0.25) is 0 Å². The van der Waals surface area contributed by atoms with Crippen LogP contribution in [-0.4, -0.2) is 36.8 Å². The standard InChI is InChI=1S/C6H13NO/c1-4-6(5-8)7(2)3/h4,6,8H,1,5H2,2-3H3. The van der Waals surface area contributed by atoms with Gasteiger partial charge in [0.1, 0.15) is 0 Å². The van der Waals surface area contributed by atoms with Crippen molar-refractivity contribution in [3.63, 3.8) is 0 Å². The fraction of sp³-hybridized carbons (Fsp3) is 0.667. The fourth-order valence-electron chi connectivity index (χ4n) is 0.449. The van der Waals surface area contributed by atoms with Crippen molar-refractivity contribution in [2.45, 2.75) is 6.04 Å². The van der Waals surface area contributed by atoms with Crippen LogP contribution in [0.15, 0.2) is 12.7 Å². The van der Waals surface area contributed by atoms with Crippen molar-refractivity contribution in [2.75, 3.05) is 20.7 Å². The zero-order valence-corrected chi connectivity index (χ0v) is 5.46. The van der Waals surface area contributed by atoms with E-state index in [4.69, 9.17) is 5.11 Å². The van der Waals surface area contributed by atoms with E-state index >= 15 is 0 Å². The normalized spacial score (nSPS) is 14.0. The second-order valence-electron chi connectivity index (χ2n) is 1.95. The van der Waals surface area contributed by atoms with Gasteiger partial charge in [0, 0.05) is 0 Å². The van der Waals surface area contributed by atoms with E-state index in [9.17, 15) is 0 Å². The van der Waals surface area contributed by atoms with Gasteiger partial charge in [-0.25, -0.2) is 0 Å². The minimum Gasteiger partial charge on any atom is -0.394 e. The molecule has 0 fully saturated rings. The highest BCUT2D eigenvalue weighted by Crippen LogP contribution is 1.90. The van der Waals surface area contributed by atoms with E-state index in [1.807, 2.05) is 19.0 Å². The second-order valence-corrected chi connectivity index (χ2v) is 1.95. The zero-order chi connectivity index (χ0) is 6.57. The number of rotatable bonds is 3. The van der Waals surface area contributed by atoms with Crippen LogP contribution in [0.25, 0.3) is 0 Å². The molecule has 0 aromatic rings. The molecule has 0 bridgehead atoms. The minimum absolute atomic E-state index is 0.106.